The van der Waals surface area contributed by atoms with Gasteiger partial charge in [-0.15, -0.1) is 11.8 Å². The van der Waals surface area contributed by atoms with Gasteiger partial charge in [-0.3, -0.25) is 18.8 Å². The third kappa shape index (κ3) is 8.74. The summed E-state index contributed by atoms with van der Waals surface area (Å²) >= 11 is 14.2. The summed E-state index contributed by atoms with van der Waals surface area (Å²) in [6, 6.07) is 13.7. The largest absolute Gasteiger partial charge is 0.493 e. The Morgan fingerprint density at radius 2 is 1.87 bits per heavy atom. The number of thioether (sulfide) groups is 1. The molecule has 0 aliphatic carbocycles. The molecule has 5 rings (SSSR count). The van der Waals surface area contributed by atoms with E-state index >= 15 is 4.39 Å². The number of halogens is 3. The molecule has 248 valence electrons. The molecule has 4 aromatic rings. The normalized spacial score (nSPS) is 13.0. The van der Waals surface area contributed by atoms with Gasteiger partial charge in [-0.05, 0) is 50.1 Å². The van der Waals surface area contributed by atoms with E-state index in [4.69, 9.17) is 32.5 Å². The van der Waals surface area contributed by atoms with Crippen LogP contribution >= 0.6 is 35.0 Å². The van der Waals surface area contributed by atoms with Crippen LogP contribution in [-0.2, 0) is 21.5 Å². The van der Waals surface area contributed by atoms with Gasteiger partial charge in [0.2, 0.25) is 5.91 Å². The molecule has 2 heterocycles. The summed E-state index contributed by atoms with van der Waals surface area (Å²) in [5.41, 5.74) is 3.54. The summed E-state index contributed by atoms with van der Waals surface area (Å²) in [5.74, 6) is -0.295. The standard InChI is InChI=1S/C33H32Cl2FN3O6S2/c1-21-26(34)7-3-10-31(21)45-13-4-11-32(41)39-12-14-46-33-24(6-2-8-29(33)39)23-18-37-38(19-23)20-25-27(35)16-22(17-28(25)36)30(40)9-5-15-47(42,43)44/h2-3,6-8,10,16-19H,4-5,9,11-15,20H2,1H3,(H,42,43,44). The topological polar surface area (TPSA) is 119 Å². The zero-order valence-corrected chi connectivity index (χ0v) is 28.6. The van der Waals surface area contributed by atoms with Crippen LogP contribution in [0.3, 0.4) is 0 Å². The number of fused-ring (bicyclic) bond motifs is 1. The van der Waals surface area contributed by atoms with Crippen molar-refractivity contribution in [2.45, 2.75) is 44.0 Å². The van der Waals surface area contributed by atoms with Crippen molar-refractivity contribution in [2.75, 3.05) is 29.6 Å². The molecule has 0 radical (unpaired) electrons. The molecular weight excluding hydrogens is 688 g/mol. The molecule has 14 heteroatoms. The summed E-state index contributed by atoms with van der Waals surface area (Å²) in [5, 5.41) is 5.08. The molecule has 3 aromatic carbocycles. The second-order valence-electron chi connectivity index (χ2n) is 11.0. The van der Waals surface area contributed by atoms with Crippen LogP contribution in [0.4, 0.5) is 10.1 Å². The zero-order chi connectivity index (χ0) is 33.7. The van der Waals surface area contributed by atoms with Crippen LogP contribution in [0.5, 0.6) is 5.75 Å². The summed E-state index contributed by atoms with van der Waals surface area (Å²) in [6.45, 7) is 2.88. The number of nitrogens with zero attached hydrogens (tertiary/aromatic N) is 3. The molecular formula is C33H32Cl2FN3O6S2. The SMILES string of the molecule is Cc1c(Cl)cccc1OCCCC(=O)N1CCSc2c(-c3cnn(Cc4c(F)cc(C(=O)CCCS(=O)(=O)O)cc4Cl)c3)cccc21. The number of benzene rings is 3. The molecule has 9 nitrogen and oxygen atoms in total. The highest BCUT2D eigenvalue weighted by Crippen LogP contribution is 2.42. The van der Waals surface area contributed by atoms with Crippen LogP contribution in [0, 0.1) is 12.7 Å². The van der Waals surface area contributed by atoms with Crippen molar-refractivity contribution in [3.8, 4) is 16.9 Å². The van der Waals surface area contributed by atoms with Crippen LogP contribution in [0.2, 0.25) is 10.0 Å². The number of amides is 1. The Morgan fingerprint density at radius 3 is 2.64 bits per heavy atom. The number of Topliss-reactive ketones (excluding diaryl/α,β-unsaturated/α-hetero) is 1. The minimum atomic E-state index is -4.19. The highest BCUT2D eigenvalue weighted by molar-refractivity contribution is 7.99. The van der Waals surface area contributed by atoms with Crippen molar-refractivity contribution in [3.63, 3.8) is 0 Å². The van der Waals surface area contributed by atoms with Gasteiger partial charge >= 0.3 is 0 Å². The minimum absolute atomic E-state index is 0.00541. The van der Waals surface area contributed by atoms with E-state index in [1.165, 1.54) is 6.07 Å². The van der Waals surface area contributed by atoms with Crippen molar-refractivity contribution < 1.29 is 31.7 Å². The monoisotopic (exact) mass is 719 g/mol. The molecule has 0 unspecified atom stereocenters. The lowest BCUT2D eigenvalue weighted by atomic mass is 10.0. The van der Waals surface area contributed by atoms with Crippen LogP contribution in [-0.4, -0.2) is 59.1 Å². The van der Waals surface area contributed by atoms with Gasteiger partial charge in [0.1, 0.15) is 11.6 Å². The van der Waals surface area contributed by atoms with E-state index in [2.05, 4.69) is 5.10 Å². The Balaban J connectivity index is 1.24. The molecule has 0 atom stereocenters. The fraction of sp³-hybridized carbons (Fsp3) is 0.303. The summed E-state index contributed by atoms with van der Waals surface area (Å²) < 4.78 is 53.2. The first-order valence-electron chi connectivity index (χ1n) is 14.8. The number of aromatic nitrogens is 2. The molecule has 1 aromatic heterocycles. The molecule has 0 saturated carbocycles. The molecule has 1 N–H and O–H groups in total. The second kappa shape index (κ2) is 15.2. The Kier molecular flexibility index (Phi) is 11.3. The summed E-state index contributed by atoms with van der Waals surface area (Å²) in [7, 11) is -4.19. The summed E-state index contributed by atoms with van der Waals surface area (Å²) in [4.78, 5) is 28.5. The van der Waals surface area contributed by atoms with E-state index in [-0.39, 0.29) is 41.4 Å². The van der Waals surface area contributed by atoms with Crippen molar-refractivity contribution in [1.29, 1.82) is 0 Å². The average molecular weight is 721 g/mol. The lowest BCUT2D eigenvalue weighted by molar-refractivity contribution is -0.118. The maximum atomic E-state index is 15.1. The summed E-state index contributed by atoms with van der Waals surface area (Å²) in [6.07, 6.45) is 4.05. The molecule has 1 amide bonds. The highest BCUT2D eigenvalue weighted by atomic mass is 35.5. The molecule has 1 aliphatic heterocycles. The molecule has 0 fully saturated rings. The first kappa shape index (κ1) is 34.9. The van der Waals surface area contributed by atoms with Gasteiger partial charge in [0.25, 0.3) is 10.1 Å². The third-order valence-corrected chi connectivity index (χ3v) is 10.3. The Hall–Kier alpha value is -3.42. The first-order chi connectivity index (χ1) is 22.4. The fourth-order valence-corrected chi connectivity index (χ4v) is 7.33. The van der Waals surface area contributed by atoms with Crippen molar-refractivity contribution in [3.05, 3.63) is 93.5 Å². The maximum Gasteiger partial charge on any atom is 0.264 e. The Labute approximate surface area is 286 Å². The average Bonchev–Trinajstić information content (AvgIpc) is 3.50. The van der Waals surface area contributed by atoms with Gasteiger partial charge in [-0.25, -0.2) is 4.39 Å². The predicted octanol–water partition coefficient (Wildman–Crippen LogP) is 7.50. The van der Waals surface area contributed by atoms with Crippen molar-refractivity contribution in [2.24, 2.45) is 0 Å². The number of ketones is 1. The van der Waals surface area contributed by atoms with Crippen LogP contribution in [0.25, 0.3) is 11.1 Å². The molecule has 0 bridgehead atoms. The number of rotatable bonds is 13. The molecule has 1 aliphatic rings. The number of hydrogen-bond acceptors (Lipinski definition) is 7. The van der Waals surface area contributed by atoms with E-state index in [0.717, 1.165) is 39.1 Å². The van der Waals surface area contributed by atoms with Crippen molar-refractivity contribution >= 4 is 62.5 Å². The van der Waals surface area contributed by atoms with E-state index < -0.39 is 27.5 Å². The third-order valence-electron chi connectivity index (χ3n) is 7.69. The lowest BCUT2D eigenvalue weighted by Crippen LogP contribution is -2.35. The van der Waals surface area contributed by atoms with E-state index in [0.29, 0.717) is 36.8 Å². The smallest absolute Gasteiger partial charge is 0.264 e. The molecule has 47 heavy (non-hydrogen) atoms. The predicted molar refractivity (Wildman–Crippen MR) is 182 cm³/mol. The zero-order valence-electron chi connectivity index (χ0n) is 25.4. The van der Waals surface area contributed by atoms with Gasteiger partial charge in [-0.2, -0.15) is 13.5 Å². The Morgan fingerprint density at radius 1 is 1.09 bits per heavy atom. The van der Waals surface area contributed by atoms with Gasteiger partial charge < -0.3 is 9.64 Å². The number of anilines is 1. The second-order valence-corrected chi connectivity index (χ2v) is 14.5. The first-order valence-corrected chi connectivity index (χ1v) is 18.2. The number of ether oxygens (including phenoxy) is 1. The Bertz CT molecular complexity index is 1890. The van der Waals surface area contributed by atoms with Gasteiger partial charge in [0.15, 0.2) is 5.78 Å². The molecule has 0 saturated heterocycles. The fourth-order valence-electron chi connectivity index (χ4n) is 5.25. The number of hydrogen-bond donors (Lipinski definition) is 1. The van der Waals surface area contributed by atoms with E-state index in [1.807, 2.05) is 48.2 Å². The number of carbonyl (C=O) groups is 2. The van der Waals surface area contributed by atoms with Gasteiger partial charge in [0.05, 0.1) is 30.8 Å². The van der Waals surface area contributed by atoms with Gasteiger partial charge in [-0.1, -0.05) is 41.4 Å². The minimum Gasteiger partial charge on any atom is -0.493 e. The lowest BCUT2D eigenvalue weighted by Gasteiger charge is -2.30. The maximum absolute atomic E-state index is 15.1. The number of carbonyl (C=O) groups excluding carboxylic acids is 2. The van der Waals surface area contributed by atoms with Crippen LogP contribution in [0.15, 0.2) is 65.8 Å². The quantitative estimate of drug-likeness (QED) is 0.0858. The van der Waals surface area contributed by atoms with E-state index in [9.17, 15) is 18.0 Å². The van der Waals surface area contributed by atoms with Gasteiger partial charge in [0, 0.05) is 74.1 Å². The van der Waals surface area contributed by atoms with Crippen LogP contribution in [0.1, 0.15) is 47.2 Å². The molecule has 0 spiro atoms. The van der Waals surface area contributed by atoms with E-state index in [1.54, 1.807) is 28.8 Å². The van der Waals surface area contributed by atoms with Crippen molar-refractivity contribution in [1.82, 2.24) is 9.78 Å². The van der Waals surface area contributed by atoms with Crippen LogP contribution < -0.4 is 9.64 Å². The highest BCUT2D eigenvalue weighted by Gasteiger charge is 2.25.